The Labute approximate surface area is 60.8 Å². The van der Waals surface area contributed by atoms with E-state index in [4.69, 9.17) is 0 Å². The molecule has 1 aliphatic rings. The minimum atomic E-state index is -0.527. The molecule has 1 aliphatic heterocycles. The number of hydrogen-bond acceptors (Lipinski definition) is 2. The second-order valence-electron chi connectivity index (χ2n) is 2.12. The topological polar surface area (TPSA) is 79.8 Å². The van der Waals surface area contributed by atoms with E-state index in [0.29, 0.717) is 11.4 Å². The highest BCUT2D eigenvalue weighted by Crippen LogP contribution is 2.12. The zero-order valence-corrected chi connectivity index (χ0v) is 5.42. The van der Waals surface area contributed by atoms with Gasteiger partial charge in [0.25, 0.3) is 5.56 Å². The van der Waals surface area contributed by atoms with Gasteiger partial charge in [-0.3, -0.25) is 14.8 Å². The standard InChI is InChI=1S/C6H4N3O2/c10-5-3-1-2-7-4(3)8-6(11)9-5/h1-2H,(H2,8,9,10,11). The molecule has 2 rings (SSSR count). The quantitative estimate of drug-likeness (QED) is 0.512. The molecule has 1 aromatic rings. The van der Waals surface area contributed by atoms with Crippen LogP contribution in [0.1, 0.15) is 5.56 Å². The van der Waals surface area contributed by atoms with Gasteiger partial charge < -0.3 is 0 Å². The first-order valence-electron chi connectivity index (χ1n) is 3.01. The fourth-order valence-corrected chi connectivity index (χ4v) is 0.927. The highest BCUT2D eigenvalue weighted by Gasteiger charge is 2.10. The summed E-state index contributed by atoms with van der Waals surface area (Å²) in [5.74, 6) is 0.332. The third-order valence-electron chi connectivity index (χ3n) is 1.40. The van der Waals surface area contributed by atoms with Gasteiger partial charge in [0.05, 0.1) is 5.56 Å². The minimum absolute atomic E-state index is 0.332. The Hall–Kier alpha value is -1.78. The van der Waals surface area contributed by atoms with Crippen LogP contribution in [-0.2, 0) is 0 Å². The monoisotopic (exact) mass is 150 g/mol. The van der Waals surface area contributed by atoms with Crippen LogP contribution in [0.2, 0.25) is 0 Å². The van der Waals surface area contributed by atoms with Gasteiger partial charge in [0.2, 0.25) is 0 Å². The summed E-state index contributed by atoms with van der Waals surface area (Å²) < 4.78 is 0. The number of nitrogens with one attached hydrogen (secondary N) is 2. The van der Waals surface area contributed by atoms with Crippen LogP contribution in [0.5, 0.6) is 0 Å². The number of aromatic amines is 2. The first kappa shape index (κ1) is 5.96. The molecular formula is C6H4N3O2. The van der Waals surface area contributed by atoms with Crippen molar-refractivity contribution in [2.45, 2.75) is 0 Å². The van der Waals surface area contributed by atoms with Crippen LogP contribution in [0.15, 0.2) is 15.8 Å². The van der Waals surface area contributed by atoms with E-state index in [1.165, 1.54) is 6.20 Å². The maximum absolute atomic E-state index is 10.9. The van der Waals surface area contributed by atoms with E-state index in [1.54, 1.807) is 6.08 Å². The van der Waals surface area contributed by atoms with E-state index in [9.17, 15) is 9.59 Å². The van der Waals surface area contributed by atoms with E-state index in [-0.39, 0.29) is 0 Å². The van der Waals surface area contributed by atoms with Crippen LogP contribution in [0.3, 0.4) is 0 Å². The van der Waals surface area contributed by atoms with Gasteiger partial charge in [0.1, 0.15) is 5.82 Å². The average Bonchev–Trinajstić information content (AvgIpc) is 2.34. The second kappa shape index (κ2) is 1.85. The fraction of sp³-hybridized carbons (Fsp3) is 0. The second-order valence-corrected chi connectivity index (χ2v) is 2.12. The molecular weight excluding hydrogens is 146 g/mol. The lowest BCUT2D eigenvalue weighted by atomic mass is 10.3. The van der Waals surface area contributed by atoms with E-state index >= 15 is 0 Å². The Balaban J connectivity index is 2.87. The van der Waals surface area contributed by atoms with Crippen molar-refractivity contribution in [3.63, 3.8) is 0 Å². The maximum Gasteiger partial charge on any atom is 0.327 e. The molecule has 0 aliphatic carbocycles. The van der Waals surface area contributed by atoms with Crippen molar-refractivity contribution in [2.24, 2.45) is 0 Å². The Morgan fingerprint density at radius 3 is 2.91 bits per heavy atom. The van der Waals surface area contributed by atoms with Gasteiger partial charge in [-0.15, -0.1) is 0 Å². The SMILES string of the molecule is O=c1[nH]c2c(c(=O)[nH]1)C=C[N]2. The normalized spacial score (nSPS) is 12.7. The average molecular weight is 150 g/mol. The first-order valence-corrected chi connectivity index (χ1v) is 3.01. The van der Waals surface area contributed by atoms with E-state index in [2.05, 4.69) is 15.3 Å². The maximum atomic E-state index is 10.9. The molecule has 0 unspecified atom stereocenters. The predicted octanol–water partition coefficient (Wildman–Crippen LogP) is -0.717. The van der Waals surface area contributed by atoms with E-state index in [1.807, 2.05) is 0 Å². The van der Waals surface area contributed by atoms with Crippen molar-refractivity contribution < 1.29 is 0 Å². The van der Waals surface area contributed by atoms with Crippen LogP contribution in [0.25, 0.3) is 6.08 Å². The largest absolute Gasteiger partial charge is 0.327 e. The number of hydrogen-bond donors (Lipinski definition) is 2. The zero-order valence-electron chi connectivity index (χ0n) is 5.42. The number of rotatable bonds is 0. The van der Waals surface area contributed by atoms with E-state index in [0.717, 1.165) is 0 Å². The molecule has 1 aromatic heterocycles. The molecule has 0 saturated carbocycles. The van der Waals surface area contributed by atoms with Crippen LogP contribution >= 0.6 is 0 Å². The zero-order chi connectivity index (χ0) is 7.84. The lowest BCUT2D eigenvalue weighted by Crippen LogP contribution is -2.23. The van der Waals surface area contributed by atoms with Crippen LogP contribution in [0, 0.1) is 0 Å². The van der Waals surface area contributed by atoms with Gasteiger partial charge in [0.15, 0.2) is 0 Å². The third-order valence-corrected chi connectivity index (χ3v) is 1.40. The molecule has 0 saturated heterocycles. The van der Waals surface area contributed by atoms with Crippen LogP contribution in [0.4, 0.5) is 5.82 Å². The van der Waals surface area contributed by atoms with Gasteiger partial charge in [-0.25, -0.2) is 10.1 Å². The van der Waals surface area contributed by atoms with Crippen molar-refractivity contribution in [1.29, 1.82) is 0 Å². The summed E-state index contributed by atoms with van der Waals surface area (Å²) >= 11 is 0. The predicted molar refractivity (Wildman–Crippen MR) is 38.5 cm³/mol. The molecule has 5 heteroatoms. The van der Waals surface area contributed by atoms with Gasteiger partial charge >= 0.3 is 5.69 Å². The number of fused-ring (bicyclic) bond motifs is 1. The highest BCUT2D eigenvalue weighted by atomic mass is 16.2. The van der Waals surface area contributed by atoms with Gasteiger partial charge in [-0.05, 0) is 6.08 Å². The summed E-state index contributed by atoms with van der Waals surface area (Å²) in [4.78, 5) is 26.1. The smallest absolute Gasteiger partial charge is 0.291 e. The first-order chi connectivity index (χ1) is 5.27. The van der Waals surface area contributed by atoms with Gasteiger partial charge in [-0.2, -0.15) is 0 Å². The Bertz CT molecular complexity index is 426. The number of H-pyrrole nitrogens is 2. The van der Waals surface area contributed by atoms with Crippen molar-refractivity contribution >= 4 is 11.9 Å². The molecule has 0 amide bonds. The van der Waals surface area contributed by atoms with Crippen LogP contribution < -0.4 is 16.6 Å². The molecule has 0 spiro atoms. The molecule has 55 valence electrons. The van der Waals surface area contributed by atoms with Gasteiger partial charge in [0, 0.05) is 6.20 Å². The van der Waals surface area contributed by atoms with Crippen molar-refractivity contribution in [3.05, 3.63) is 32.6 Å². The molecule has 5 nitrogen and oxygen atoms in total. The minimum Gasteiger partial charge on any atom is -0.291 e. The van der Waals surface area contributed by atoms with Gasteiger partial charge in [-0.1, -0.05) is 0 Å². The van der Waals surface area contributed by atoms with E-state index < -0.39 is 11.2 Å². The third kappa shape index (κ3) is 0.778. The summed E-state index contributed by atoms with van der Waals surface area (Å²) in [5.41, 5.74) is -0.521. The molecule has 0 aromatic carbocycles. The summed E-state index contributed by atoms with van der Waals surface area (Å²) in [5, 5.41) is 3.76. The molecule has 2 N–H and O–H groups in total. The lowest BCUT2D eigenvalue weighted by molar-refractivity contribution is 0.988. The lowest BCUT2D eigenvalue weighted by Gasteiger charge is -1.92. The Morgan fingerprint density at radius 1 is 1.27 bits per heavy atom. The van der Waals surface area contributed by atoms with Crippen molar-refractivity contribution in [2.75, 3.05) is 0 Å². The molecule has 2 heterocycles. The number of aromatic nitrogens is 2. The number of nitrogens with zero attached hydrogens (tertiary/aromatic N) is 1. The Kier molecular flexibility index (Phi) is 1.00. The summed E-state index contributed by atoms with van der Waals surface area (Å²) in [7, 11) is 0. The molecule has 1 radical (unpaired) electrons. The summed E-state index contributed by atoms with van der Waals surface area (Å²) in [6, 6.07) is 0. The Morgan fingerprint density at radius 2 is 2.09 bits per heavy atom. The van der Waals surface area contributed by atoms with Crippen molar-refractivity contribution in [3.8, 4) is 0 Å². The van der Waals surface area contributed by atoms with Crippen LogP contribution in [-0.4, -0.2) is 9.97 Å². The molecule has 0 fully saturated rings. The fourth-order valence-electron chi connectivity index (χ4n) is 0.927. The molecule has 11 heavy (non-hydrogen) atoms. The summed E-state index contributed by atoms with van der Waals surface area (Å²) in [6.07, 6.45) is 3.01. The summed E-state index contributed by atoms with van der Waals surface area (Å²) in [6.45, 7) is 0. The molecule has 0 bridgehead atoms. The molecule has 0 atom stereocenters. The highest BCUT2D eigenvalue weighted by molar-refractivity contribution is 5.64. The van der Waals surface area contributed by atoms with Crippen molar-refractivity contribution in [1.82, 2.24) is 15.3 Å².